The lowest BCUT2D eigenvalue weighted by Crippen LogP contribution is -1.95. The number of aliphatic carboxylic acids is 1. The summed E-state index contributed by atoms with van der Waals surface area (Å²) in [5, 5.41) is 15.2. The topological polar surface area (TPSA) is 74.6 Å². The van der Waals surface area contributed by atoms with Crippen LogP contribution in [0.1, 0.15) is 6.42 Å². The van der Waals surface area contributed by atoms with Crippen LogP contribution in [0.15, 0.2) is 0 Å². The van der Waals surface area contributed by atoms with Crippen LogP contribution in [0.3, 0.4) is 0 Å². The van der Waals surface area contributed by atoms with Gasteiger partial charge in [0, 0.05) is 16.5 Å². The molecule has 58 valence electrons. The highest BCUT2D eigenvalue weighted by Crippen LogP contribution is 2.21. The van der Waals surface area contributed by atoms with Crippen LogP contribution in [0.2, 0.25) is 0 Å². The summed E-state index contributed by atoms with van der Waals surface area (Å²) in [4.78, 5) is 19.7. The van der Waals surface area contributed by atoms with Crippen LogP contribution in [0.25, 0.3) is 0 Å². The summed E-state index contributed by atoms with van der Waals surface area (Å²) in [5.41, 5.74) is 0. The molecule has 2 N–H and O–H groups in total. The van der Waals surface area contributed by atoms with Crippen molar-refractivity contribution in [1.29, 1.82) is 0 Å². The highest BCUT2D eigenvalue weighted by Gasteiger charge is 2.00. The van der Waals surface area contributed by atoms with E-state index >= 15 is 0 Å². The quantitative estimate of drug-likeness (QED) is 0.507. The average molecular weight is 182 g/mol. The molecule has 4 nitrogen and oxygen atoms in total. The van der Waals surface area contributed by atoms with Crippen molar-refractivity contribution in [2.75, 3.05) is 5.75 Å². The van der Waals surface area contributed by atoms with Crippen LogP contribution in [0.4, 0.5) is 4.79 Å². The maximum absolute atomic E-state index is 9.87. The van der Waals surface area contributed by atoms with E-state index in [-0.39, 0.29) is 6.42 Å². The van der Waals surface area contributed by atoms with Gasteiger partial charge in [-0.15, -0.1) is 0 Å². The van der Waals surface area contributed by atoms with E-state index in [4.69, 9.17) is 10.2 Å². The Labute approximate surface area is 65.4 Å². The Morgan fingerprint density at radius 1 is 1.30 bits per heavy atom. The third kappa shape index (κ3) is 7.64. The Hall–Kier alpha value is -0.360. The van der Waals surface area contributed by atoms with E-state index in [1.165, 1.54) is 0 Å². The Morgan fingerprint density at radius 2 is 1.90 bits per heavy atom. The van der Waals surface area contributed by atoms with Gasteiger partial charge in [0.15, 0.2) is 0 Å². The fourth-order valence-electron chi connectivity index (χ4n) is 0.221. The van der Waals surface area contributed by atoms with Crippen molar-refractivity contribution in [2.24, 2.45) is 0 Å². The lowest BCUT2D eigenvalue weighted by molar-refractivity contribution is -0.136. The lowest BCUT2D eigenvalue weighted by atomic mass is 10.5. The summed E-state index contributed by atoms with van der Waals surface area (Å²) in [6.45, 7) is 0. The van der Waals surface area contributed by atoms with Crippen LogP contribution in [0.5, 0.6) is 0 Å². The van der Waals surface area contributed by atoms with E-state index in [1.54, 1.807) is 0 Å². The standard InChI is InChI=1S/C4H6O4S2/c5-3(6)1-2-9-10-4(7)8/h1-2H2,(H,5,6)(H,7,8). The van der Waals surface area contributed by atoms with Gasteiger partial charge in [0.05, 0.1) is 6.42 Å². The molecule has 0 aromatic heterocycles. The summed E-state index contributed by atoms with van der Waals surface area (Å²) in [6.07, 6.45) is 0.00491. The van der Waals surface area contributed by atoms with Crippen LogP contribution >= 0.6 is 21.6 Å². The number of rotatable bonds is 4. The highest BCUT2D eigenvalue weighted by molar-refractivity contribution is 8.82. The second-order valence-electron chi connectivity index (χ2n) is 1.31. The van der Waals surface area contributed by atoms with Gasteiger partial charge in [0.1, 0.15) is 0 Å². The van der Waals surface area contributed by atoms with Gasteiger partial charge in [0.25, 0.3) is 0 Å². The number of carbonyl (C=O) groups is 2. The van der Waals surface area contributed by atoms with Crippen molar-refractivity contribution in [3.8, 4) is 0 Å². The van der Waals surface area contributed by atoms with Gasteiger partial charge >= 0.3 is 11.3 Å². The molecule has 6 heteroatoms. The third-order valence-electron chi connectivity index (χ3n) is 0.529. The molecule has 0 fully saturated rings. The summed E-state index contributed by atoms with van der Waals surface area (Å²) in [7, 11) is 1.67. The molecule has 0 spiro atoms. The Morgan fingerprint density at radius 3 is 2.30 bits per heavy atom. The molecule has 0 atom stereocenters. The normalized spacial score (nSPS) is 9.20. The average Bonchev–Trinajstić information content (AvgIpc) is 1.79. The zero-order valence-electron chi connectivity index (χ0n) is 4.94. The van der Waals surface area contributed by atoms with Gasteiger partial charge in [0.2, 0.25) is 0 Å². The van der Waals surface area contributed by atoms with Crippen LogP contribution < -0.4 is 0 Å². The fourth-order valence-corrected chi connectivity index (χ4v) is 1.47. The number of carboxylic acids is 1. The van der Waals surface area contributed by atoms with Crippen molar-refractivity contribution in [2.45, 2.75) is 6.42 Å². The smallest absolute Gasteiger partial charge is 0.375 e. The summed E-state index contributed by atoms with van der Waals surface area (Å²) >= 11 is 0. The number of hydrogen-bond acceptors (Lipinski definition) is 4. The minimum atomic E-state index is -0.990. The first kappa shape index (κ1) is 9.64. The second kappa shape index (κ2) is 5.43. The van der Waals surface area contributed by atoms with Crippen molar-refractivity contribution in [1.82, 2.24) is 0 Å². The van der Waals surface area contributed by atoms with Crippen molar-refractivity contribution in [3.63, 3.8) is 0 Å². The largest absolute Gasteiger partial charge is 0.481 e. The molecular weight excluding hydrogens is 176 g/mol. The van der Waals surface area contributed by atoms with Gasteiger partial charge in [-0.05, 0) is 0 Å². The van der Waals surface area contributed by atoms with Crippen molar-refractivity contribution < 1.29 is 19.8 Å². The lowest BCUT2D eigenvalue weighted by Gasteiger charge is -1.91. The Balaban J connectivity index is 3.06. The SMILES string of the molecule is O=C(O)CCSSC(=O)O. The van der Waals surface area contributed by atoms with Crippen LogP contribution in [-0.2, 0) is 4.79 Å². The zero-order valence-corrected chi connectivity index (χ0v) is 6.57. The summed E-state index contributed by atoms with van der Waals surface area (Å²) in [6, 6.07) is 0. The van der Waals surface area contributed by atoms with E-state index in [0.717, 1.165) is 10.8 Å². The minimum Gasteiger partial charge on any atom is -0.481 e. The molecule has 0 aliphatic carbocycles. The number of hydrogen-bond donors (Lipinski definition) is 2. The fraction of sp³-hybridized carbons (Fsp3) is 0.500. The predicted octanol–water partition coefficient (Wildman–Crippen LogP) is 1.52. The molecule has 0 bridgehead atoms. The van der Waals surface area contributed by atoms with Gasteiger partial charge in [-0.2, -0.15) is 0 Å². The maximum Gasteiger partial charge on any atom is 0.375 e. The third-order valence-corrected chi connectivity index (χ3v) is 2.44. The molecule has 0 saturated heterocycles. The van der Waals surface area contributed by atoms with Gasteiger partial charge in [-0.25, -0.2) is 4.79 Å². The number of carboxylic acid groups (broad SMARTS) is 2. The van der Waals surface area contributed by atoms with E-state index < -0.39 is 11.3 Å². The Kier molecular flexibility index (Phi) is 5.23. The molecule has 0 aliphatic heterocycles. The molecule has 0 aromatic rings. The molecule has 0 heterocycles. The predicted molar refractivity (Wildman–Crippen MR) is 40.3 cm³/mol. The monoisotopic (exact) mass is 182 g/mol. The zero-order chi connectivity index (χ0) is 7.98. The van der Waals surface area contributed by atoms with E-state index in [2.05, 4.69) is 0 Å². The van der Waals surface area contributed by atoms with E-state index in [0.29, 0.717) is 16.5 Å². The molecule has 0 aromatic carbocycles. The first-order valence-electron chi connectivity index (χ1n) is 2.37. The molecule has 10 heavy (non-hydrogen) atoms. The molecule has 0 aliphatic rings. The van der Waals surface area contributed by atoms with Gasteiger partial charge in [-0.1, -0.05) is 10.8 Å². The van der Waals surface area contributed by atoms with Gasteiger partial charge < -0.3 is 10.2 Å². The van der Waals surface area contributed by atoms with Crippen LogP contribution in [0, 0.1) is 0 Å². The summed E-state index contributed by atoms with van der Waals surface area (Å²) in [5.74, 6) is -0.578. The van der Waals surface area contributed by atoms with E-state index in [9.17, 15) is 9.59 Å². The highest BCUT2D eigenvalue weighted by atomic mass is 33.1. The molecule has 0 saturated carbocycles. The minimum absolute atomic E-state index is 0.00491. The molecular formula is C4H6O4S2. The van der Waals surface area contributed by atoms with E-state index in [1.807, 2.05) is 0 Å². The first-order valence-corrected chi connectivity index (χ1v) is 4.69. The summed E-state index contributed by atoms with van der Waals surface area (Å²) < 4.78 is 0. The van der Waals surface area contributed by atoms with Gasteiger partial charge in [-0.3, -0.25) is 4.79 Å². The first-order chi connectivity index (χ1) is 4.63. The Bertz CT molecular complexity index is 119. The van der Waals surface area contributed by atoms with Crippen molar-refractivity contribution >= 4 is 32.9 Å². The molecule has 0 unspecified atom stereocenters. The van der Waals surface area contributed by atoms with Crippen molar-refractivity contribution in [3.05, 3.63) is 0 Å². The molecule has 0 rings (SSSR count). The second-order valence-corrected chi connectivity index (χ2v) is 3.68. The molecule has 0 amide bonds. The maximum atomic E-state index is 9.87. The molecule has 0 radical (unpaired) electrons. The van der Waals surface area contributed by atoms with Crippen LogP contribution in [-0.4, -0.2) is 27.2 Å².